The van der Waals surface area contributed by atoms with E-state index in [-0.39, 0.29) is 25.4 Å². The smallest absolute Gasteiger partial charge is 0.328 e. The first kappa shape index (κ1) is 24.7. The fraction of sp³-hybridized carbons (Fsp3) is 0.857. The number of rotatable bonds is 7. The van der Waals surface area contributed by atoms with Gasteiger partial charge in [-0.2, -0.15) is 0 Å². The summed E-state index contributed by atoms with van der Waals surface area (Å²) >= 11 is 34.9. The summed E-state index contributed by atoms with van der Waals surface area (Å²) < 4.78 is 1.87. The van der Waals surface area contributed by atoms with E-state index < -0.39 is 31.4 Å². The minimum absolute atomic E-state index is 0.0505. The first-order valence-corrected chi connectivity index (χ1v) is 9.54. The van der Waals surface area contributed by atoms with Crippen LogP contribution in [-0.4, -0.2) is 44.1 Å². The number of esters is 1. The molecule has 0 fully saturated rings. The van der Waals surface area contributed by atoms with E-state index >= 15 is 0 Å². The molecule has 0 aliphatic heterocycles. The van der Waals surface area contributed by atoms with E-state index in [9.17, 15) is 9.59 Å². The van der Waals surface area contributed by atoms with Crippen LogP contribution in [0.25, 0.3) is 0 Å². The van der Waals surface area contributed by atoms with Crippen molar-refractivity contribution in [1.82, 2.24) is 4.90 Å². The zero-order chi connectivity index (χ0) is 19.3. The molecule has 0 N–H and O–H groups in total. The highest BCUT2D eigenvalue weighted by atomic mass is 35.6. The molecule has 0 rings (SSSR count). The second-order valence-electron chi connectivity index (χ2n) is 5.60. The van der Waals surface area contributed by atoms with E-state index in [1.807, 2.05) is 0 Å². The van der Waals surface area contributed by atoms with Gasteiger partial charge >= 0.3 is 5.97 Å². The molecule has 10 heteroatoms. The van der Waals surface area contributed by atoms with E-state index in [4.69, 9.17) is 74.3 Å². The summed E-state index contributed by atoms with van der Waals surface area (Å²) in [5, 5.41) is 0. The van der Waals surface area contributed by atoms with Gasteiger partial charge in [-0.1, -0.05) is 83.5 Å². The fourth-order valence-electron chi connectivity index (χ4n) is 1.81. The molecule has 0 aromatic rings. The number of halogens is 6. The first-order chi connectivity index (χ1) is 10.7. The number of ether oxygens (including phenoxy) is 1. The molecule has 0 saturated heterocycles. The Kier molecular flexibility index (Phi) is 10.4. The number of likely N-dealkylation sites (N-methyl/N-ethyl adjacent to an activating group) is 1. The molecule has 3 atom stereocenters. The van der Waals surface area contributed by atoms with Crippen molar-refractivity contribution in [2.24, 2.45) is 11.8 Å². The minimum Gasteiger partial charge on any atom is -0.464 e. The second kappa shape index (κ2) is 10.1. The second-order valence-corrected chi connectivity index (χ2v) is 10.3. The van der Waals surface area contributed by atoms with Crippen molar-refractivity contribution in [1.29, 1.82) is 0 Å². The van der Waals surface area contributed by atoms with E-state index in [2.05, 4.69) is 0 Å². The standard InChI is InChI=1S/C14H21Cl6NO3/c1-5-24-12(23)10(6-8(2)13(15,16)17)21(4)11(22)7-9(3)14(18,19)20/h8-10H,5-7H2,1-4H3/t8-,9-,10+/m0/s1. The van der Waals surface area contributed by atoms with Crippen LogP contribution in [0.2, 0.25) is 0 Å². The van der Waals surface area contributed by atoms with E-state index in [1.54, 1.807) is 20.8 Å². The van der Waals surface area contributed by atoms with Gasteiger partial charge in [-0.15, -0.1) is 0 Å². The van der Waals surface area contributed by atoms with Crippen molar-refractivity contribution < 1.29 is 14.3 Å². The Morgan fingerprint density at radius 1 is 1.00 bits per heavy atom. The van der Waals surface area contributed by atoms with Gasteiger partial charge in [-0.3, -0.25) is 4.79 Å². The minimum atomic E-state index is -1.58. The Morgan fingerprint density at radius 3 is 1.83 bits per heavy atom. The van der Waals surface area contributed by atoms with Crippen LogP contribution in [0.1, 0.15) is 33.6 Å². The summed E-state index contributed by atoms with van der Waals surface area (Å²) in [6, 6.07) is -0.898. The molecular formula is C14H21Cl6NO3. The lowest BCUT2D eigenvalue weighted by Gasteiger charge is -2.32. The van der Waals surface area contributed by atoms with Gasteiger partial charge in [0.05, 0.1) is 6.61 Å². The predicted molar refractivity (Wildman–Crippen MR) is 101 cm³/mol. The van der Waals surface area contributed by atoms with Crippen LogP contribution < -0.4 is 0 Å². The van der Waals surface area contributed by atoms with E-state index in [0.29, 0.717) is 0 Å². The molecule has 0 radical (unpaired) electrons. The highest BCUT2D eigenvalue weighted by Gasteiger charge is 2.38. The lowest BCUT2D eigenvalue weighted by Crippen LogP contribution is -2.46. The highest BCUT2D eigenvalue weighted by molar-refractivity contribution is 6.68. The van der Waals surface area contributed by atoms with Crippen LogP contribution in [0.4, 0.5) is 0 Å². The van der Waals surface area contributed by atoms with Crippen molar-refractivity contribution in [2.45, 2.75) is 47.2 Å². The van der Waals surface area contributed by atoms with Crippen LogP contribution in [0.15, 0.2) is 0 Å². The number of amides is 1. The average molecular weight is 464 g/mol. The van der Waals surface area contributed by atoms with Gasteiger partial charge in [0.25, 0.3) is 0 Å². The number of nitrogens with zero attached hydrogens (tertiary/aromatic N) is 1. The van der Waals surface area contributed by atoms with Gasteiger partial charge in [0, 0.05) is 25.3 Å². The molecule has 0 aromatic carbocycles. The van der Waals surface area contributed by atoms with Crippen molar-refractivity contribution in [3.63, 3.8) is 0 Å². The Bertz CT molecular complexity index is 435. The molecular weight excluding hydrogens is 443 g/mol. The molecule has 24 heavy (non-hydrogen) atoms. The first-order valence-electron chi connectivity index (χ1n) is 7.27. The molecule has 0 aliphatic carbocycles. The summed E-state index contributed by atoms with van der Waals surface area (Å²) in [4.78, 5) is 25.9. The zero-order valence-electron chi connectivity index (χ0n) is 13.8. The van der Waals surface area contributed by atoms with Crippen LogP contribution in [0.5, 0.6) is 0 Å². The van der Waals surface area contributed by atoms with Gasteiger partial charge in [-0.25, -0.2) is 4.79 Å². The van der Waals surface area contributed by atoms with E-state index in [1.165, 1.54) is 11.9 Å². The molecule has 142 valence electrons. The Morgan fingerprint density at radius 2 is 1.46 bits per heavy atom. The largest absolute Gasteiger partial charge is 0.464 e. The highest BCUT2D eigenvalue weighted by Crippen LogP contribution is 2.39. The number of carbonyl (C=O) groups is 2. The quantitative estimate of drug-likeness (QED) is 0.386. The molecule has 0 saturated carbocycles. The summed E-state index contributed by atoms with van der Waals surface area (Å²) in [7, 11) is 1.47. The van der Waals surface area contributed by atoms with Gasteiger partial charge in [-0.05, 0) is 13.3 Å². The SMILES string of the molecule is CCOC(=O)[C@@H](C[C@H](C)C(Cl)(Cl)Cl)N(C)C(=O)C[C@H](C)C(Cl)(Cl)Cl. The Balaban J connectivity index is 5.20. The summed E-state index contributed by atoms with van der Waals surface area (Å²) in [6.07, 6.45) is 0.0742. The fourth-order valence-corrected chi connectivity index (χ4v) is 2.31. The maximum atomic E-state index is 12.4. The molecule has 0 unspecified atom stereocenters. The maximum Gasteiger partial charge on any atom is 0.328 e. The molecule has 0 spiro atoms. The number of hydrogen-bond donors (Lipinski definition) is 0. The summed E-state index contributed by atoms with van der Waals surface area (Å²) in [5.41, 5.74) is 0. The molecule has 0 bridgehead atoms. The lowest BCUT2D eigenvalue weighted by molar-refractivity contribution is -0.154. The molecule has 0 aliphatic rings. The van der Waals surface area contributed by atoms with Gasteiger partial charge < -0.3 is 9.64 Å². The third kappa shape index (κ3) is 8.37. The Labute approximate surface area is 172 Å². The van der Waals surface area contributed by atoms with Gasteiger partial charge in [0.1, 0.15) is 6.04 Å². The number of carbonyl (C=O) groups excluding carboxylic acids is 2. The predicted octanol–water partition coefficient (Wildman–Crippen LogP) is 5.17. The van der Waals surface area contributed by atoms with Crippen molar-refractivity contribution in [3.8, 4) is 0 Å². The molecule has 1 amide bonds. The molecule has 4 nitrogen and oxygen atoms in total. The summed E-state index contributed by atoms with van der Waals surface area (Å²) in [6.45, 7) is 5.13. The third-order valence-corrected chi connectivity index (χ3v) is 5.83. The van der Waals surface area contributed by atoms with Crippen LogP contribution in [0.3, 0.4) is 0 Å². The lowest BCUT2D eigenvalue weighted by atomic mass is 10.0. The monoisotopic (exact) mass is 461 g/mol. The van der Waals surface area contributed by atoms with Crippen molar-refractivity contribution in [2.75, 3.05) is 13.7 Å². The maximum absolute atomic E-state index is 12.4. The van der Waals surface area contributed by atoms with Crippen LogP contribution in [-0.2, 0) is 14.3 Å². The van der Waals surface area contributed by atoms with Crippen LogP contribution >= 0.6 is 69.6 Å². The normalized spacial score (nSPS) is 16.2. The number of alkyl halides is 6. The third-order valence-electron chi connectivity index (χ3n) is 3.59. The topological polar surface area (TPSA) is 46.6 Å². The molecule has 0 aromatic heterocycles. The van der Waals surface area contributed by atoms with E-state index in [0.717, 1.165) is 0 Å². The van der Waals surface area contributed by atoms with Crippen molar-refractivity contribution in [3.05, 3.63) is 0 Å². The molecule has 0 heterocycles. The Hall–Kier alpha value is 0.680. The van der Waals surface area contributed by atoms with Gasteiger partial charge in [0.15, 0.2) is 7.59 Å². The van der Waals surface area contributed by atoms with Crippen molar-refractivity contribution >= 4 is 81.5 Å². The zero-order valence-corrected chi connectivity index (χ0v) is 18.3. The van der Waals surface area contributed by atoms with Crippen LogP contribution in [0, 0.1) is 11.8 Å². The average Bonchev–Trinajstić information content (AvgIpc) is 2.41. The van der Waals surface area contributed by atoms with Gasteiger partial charge in [0.2, 0.25) is 5.91 Å². The summed E-state index contributed by atoms with van der Waals surface area (Å²) in [5.74, 6) is -1.97. The number of hydrogen-bond acceptors (Lipinski definition) is 3.